The molecule has 1 saturated heterocycles. The number of carbonyl (C=O) groups excluding carboxylic acids is 1. The van der Waals surface area contributed by atoms with Crippen LogP contribution in [0, 0.1) is 5.92 Å². The minimum atomic E-state index is -0.308. The Hall–Kier alpha value is -2.38. The van der Waals surface area contributed by atoms with E-state index in [2.05, 4.69) is 34.1 Å². The van der Waals surface area contributed by atoms with Gasteiger partial charge in [-0.3, -0.25) is 4.79 Å². The minimum Gasteiger partial charge on any atom is -0.354 e. The van der Waals surface area contributed by atoms with Gasteiger partial charge in [0.05, 0.1) is 0 Å². The maximum atomic E-state index is 12.6. The number of anilines is 1. The third kappa shape index (κ3) is 4.23. The van der Waals surface area contributed by atoms with Gasteiger partial charge in [0.1, 0.15) is 6.54 Å². The lowest BCUT2D eigenvalue weighted by Crippen LogP contribution is -2.33. The predicted molar refractivity (Wildman–Crippen MR) is 100 cm³/mol. The first kappa shape index (κ1) is 18.4. The van der Waals surface area contributed by atoms with E-state index < -0.39 is 0 Å². The zero-order valence-corrected chi connectivity index (χ0v) is 15.6. The molecule has 0 aromatic carbocycles. The Bertz CT molecular complexity index is 802. The van der Waals surface area contributed by atoms with Gasteiger partial charge in [-0.15, -0.1) is 5.10 Å². The summed E-state index contributed by atoms with van der Waals surface area (Å²) in [5.74, 6) is 1.06. The van der Waals surface area contributed by atoms with Crippen LogP contribution in [0.1, 0.15) is 46.0 Å². The maximum absolute atomic E-state index is 12.6. The van der Waals surface area contributed by atoms with Crippen molar-refractivity contribution in [3.8, 4) is 0 Å². The summed E-state index contributed by atoms with van der Waals surface area (Å²) < 4.78 is 2.71. The van der Waals surface area contributed by atoms with Gasteiger partial charge in [-0.25, -0.2) is 18.9 Å². The summed E-state index contributed by atoms with van der Waals surface area (Å²) in [4.78, 5) is 31.4. The van der Waals surface area contributed by atoms with Crippen LogP contribution >= 0.6 is 0 Å². The third-order valence-corrected chi connectivity index (χ3v) is 4.73. The topological polar surface area (TPSA) is 84.5 Å². The highest BCUT2D eigenvalue weighted by molar-refractivity contribution is 5.75. The second-order valence-electron chi connectivity index (χ2n) is 7.32. The second-order valence-corrected chi connectivity index (χ2v) is 7.32. The predicted octanol–water partition coefficient (Wildman–Crippen LogP) is 1.43. The second kappa shape index (κ2) is 8.33. The molecule has 1 amide bonds. The maximum Gasteiger partial charge on any atom is 0.350 e. The van der Waals surface area contributed by atoms with E-state index in [0.717, 1.165) is 38.2 Å². The van der Waals surface area contributed by atoms with E-state index in [1.807, 2.05) is 0 Å². The Balaban J connectivity index is 1.80. The summed E-state index contributed by atoms with van der Waals surface area (Å²) in [6.45, 7) is 6.59. The highest BCUT2D eigenvalue weighted by atomic mass is 16.2. The normalized spacial score (nSPS) is 15.4. The fraction of sp³-hybridized carbons (Fsp3) is 0.667. The Morgan fingerprint density at radius 1 is 1.23 bits per heavy atom. The monoisotopic (exact) mass is 360 g/mol. The molecule has 8 heteroatoms. The average molecular weight is 360 g/mol. The molecular formula is C18H28N6O2. The van der Waals surface area contributed by atoms with E-state index in [1.165, 1.54) is 21.9 Å². The molecule has 26 heavy (non-hydrogen) atoms. The van der Waals surface area contributed by atoms with Gasteiger partial charge in [0.2, 0.25) is 11.6 Å². The lowest BCUT2D eigenvalue weighted by Gasteiger charge is -2.20. The van der Waals surface area contributed by atoms with Gasteiger partial charge in [0, 0.05) is 32.0 Å². The van der Waals surface area contributed by atoms with Crippen LogP contribution in [-0.4, -0.2) is 44.7 Å². The number of hydrogen-bond donors (Lipinski definition) is 1. The van der Waals surface area contributed by atoms with Crippen LogP contribution in [-0.2, 0) is 11.3 Å². The molecule has 1 aliphatic heterocycles. The van der Waals surface area contributed by atoms with Gasteiger partial charge < -0.3 is 10.2 Å². The fourth-order valence-electron chi connectivity index (χ4n) is 3.24. The van der Waals surface area contributed by atoms with E-state index in [1.54, 1.807) is 12.4 Å². The van der Waals surface area contributed by atoms with Crippen LogP contribution in [0.4, 0.5) is 5.82 Å². The highest BCUT2D eigenvalue weighted by Gasteiger charge is 2.19. The molecular weight excluding hydrogens is 332 g/mol. The van der Waals surface area contributed by atoms with Crippen LogP contribution in [0.25, 0.3) is 5.65 Å². The van der Waals surface area contributed by atoms with Crippen LogP contribution in [0.15, 0.2) is 17.2 Å². The molecule has 0 aliphatic carbocycles. The first-order valence-corrected chi connectivity index (χ1v) is 9.52. The molecule has 0 radical (unpaired) electrons. The first-order valence-electron chi connectivity index (χ1n) is 9.52. The molecule has 3 heterocycles. The van der Waals surface area contributed by atoms with Gasteiger partial charge >= 0.3 is 5.69 Å². The number of nitrogens with one attached hydrogen (secondary N) is 1. The molecule has 0 atom stereocenters. The number of amides is 1. The standard InChI is InChI=1S/C18H28N6O2/c1-14(2)7-8-19-15(25)13-24-18(26)23-12-9-20-16(17(23)21-24)22-10-5-3-4-6-11-22/h9,12,14H,3-8,10-11,13H2,1-2H3,(H,19,25). The highest BCUT2D eigenvalue weighted by Crippen LogP contribution is 2.20. The van der Waals surface area contributed by atoms with Crippen molar-refractivity contribution in [2.75, 3.05) is 24.5 Å². The summed E-state index contributed by atoms with van der Waals surface area (Å²) in [5.41, 5.74) is 0.215. The number of hydrogen-bond acceptors (Lipinski definition) is 5. The van der Waals surface area contributed by atoms with E-state index in [4.69, 9.17) is 0 Å². The lowest BCUT2D eigenvalue weighted by molar-refractivity contribution is -0.121. The van der Waals surface area contributed by atoms with E-state index in [9.17, 15) is 9.59 Å². The molecule has 8 nitrogen and oxygen atoms in total. The number of fused-ring (bicyclic) bond motifs is 1. The molecule has 3 rings (SSSR count). The Kier molecular flexibility index (Phi) is 5.90. The van der Waals surface area contributed by atoms with Crippen LogP contribution in [0.5, 0.6) is 0 Å². The molecule has 0 saturated carbocycles. The molecule has 1 aliphatic rings. The van der Waals surface area contributed by atoms with Gasteiger partial charge in [0.25, 0.3) is 0 Å². The van der Waals surface area contributed by atoms with E-state index in [-0.39, 0.29) is 18.1 Å². The molecule has 1 N–H and O–H groups in total. The molecule has 142 valence electrons. The zero-order chi connectivity index (χ0) is 18.5. The van der Waals surface area contributed by atoms with E-state index in [0.29, 0.717) is 18.1 Å². The average Bonchev–Trinajstić information content (AvgIpc) is 2.79. The Morgan fingerprint density at radius 2 is 1.96 bits per heavy atom. The van der Waals surface area contributed by atoms with Crippen molar-refractivity contribution in [2.45, 2.75) is 52.5 Å². The van der Waals surface area contributed by atoms with Gasteiger partial charge in [0.15, 0.2) is 5.82 Å². The molecule has 0 unspecified atom stereocenters. The summed E-state index contributed by atoms with van der Waals surface area (Å²) in [5, 5.41) is 7.25. The zero-order valence-electron chi connectivity index (χ0n) is 15.6. The Labute approximate surface area is 153 Å². The van der Waals surface area contributed by atoms with Crippen molar-refractivity contribution in [2.24, 2.45) is 5.92 Å². The van der Waals surface area contributed by atoms with Crippen molar-refractivity contribution in [3.63, 3.8) is 0 Å². The Morgan fingerprint density at radius 3 is 2.65 bits per heavy atom. The summed E-state index contributed by atoms with van der Waals surface area (Å²) in [6.07, 6.45) is 8.82. The third-order valence-electron chi connectivity index (χ3n) is 4.73. The van der Waals surface area contributed by atoms with Crippen molar-refractivity contribution >= 4 is 17.4 Å². The minimum absolute atomic E-state index is 0.0714. The summed E-state index contributed by atoms with van der Waals surface area (Å²) in [7, 11) is 0. The van der Waals surface area contributed by atoms with Crippen molar-refractivity contribution in [1.29, 1.82) is 0 Å². The van der Waals surface area contributed by atoms with Gasteiger partial charge in [-0.1, -0.05) is 26.7 Å². The molecule has 2 aromatic rings. The summed E-state index contributed by atoms with van der Waals surface area (Å²) >= 11 is 0. The smallest absolute Gasteiger partial charge is 0.350 e. The molecule has 0 bridgehead atoms. The quantitative estimate of drug-likeness (QED) is 0.842. The van der Waals surface area contributed by atoms with Gasteiger partial charge in [-0.05, 0) is 25.2 Å². The fourth-order valence-corrected chi connectivity index (χ4v) is 3.24. The van der Waals surface area contributed by atoms with Gasteiger partial charge in [-0.2, -0.15) is 0 Å². The van der Waals surface area contributed by atoms with Crippen molar-refractivity contribution < 1.29 is 4.79 Å². The molecule has 0 spiro atoms. The number of rotatable bonds is 6. The summed E-state index contributed by atoms with van der Waals surface area (Å²) in [6, 6.07) is 0. The number of carbonyl (C=O) groups is 1. The number of aromatic nitrogens is 4. The largest absolute Gasteiger partial charge is 0.354 e. The SMILES string of the molecule is CC(C)CCNC(=O)Cn1nc2c(N3CCCCCC3)nccn2c1=O. The van der Waals surface area contributed by atoms with E-state index >= 15 is 0 Å². The van der Waals surface area contributed by atoms with Crippen LogP contribution in [0.3, 0.4) is 0 Å². The van der Waals surface area contributed by atoms with Crippen LogP contribution in [0.2, 0.25) is 0 Å². The van der Waals surface area contributed by atoms with Crippen molar-refractivity contribution in [1.82, 2.24) is 24.5 Å². The molecule has 1 fully saturated rings. The van der Waals surface area contributed by atoms with Crippen molar-refractivity contribution in [3.05, 3.63) is 22.9 Å². The lowest BCUT2D eigenvalue weighted by atomic mass is 10.1. The first-order chi connectivity index (χ1) is 12.6. The molecule has 2 aromatic heterocycles. The number of nitrogens with zero attached hydrogens (tertiary/aromatic N) is 5. The van der Waals surface area contributed by atoms with Crippen LogP contribution < -0.4 is 15.9 Å².